The van der Waals surface area contributed by atoms with Gasteiger partial charge in [0.15, 0.2) is 45.3 Å². The van der Waals surface area contributed by atoms with Crippen molar-refractivity contribution in [3.8, 4) is 0 Å². The highest BCUT2D eigenvalue weighted by molar-refractivity contribution is 8.13. The molecular formula is C41H92N3O6PSSi3. The van der Waals surface area contributed by atoms with E-state index >= 15 is 0 Å². The van der Waals surface area contributed by atoms with Crippen LogP contribution in [0.15, 0.2) is 0 Å². The summed E-state index contributed by atoms with van der Waals surface area (Å²) < 4.78 is 38.3. The van der Waals surface area contributed by atoms with Gasteiger partial charge in [0, 0.05) is 42.9 Å². The van der Waals surface area contributed by atoms with Gasteiger partial charge in [0.2, 0.25) is 0 Å². The maximum Gasteiger partial charge on any atom is 0.192 e. The smallest absolute Gasteiger partial charge is 0.192 e. The predicted octanol–water partition coefficient (Wildman–Crippen LogP) is 11.9. The second-order valence-corrected chi connectivity index (χ2v) is 38.5. The fraction of sp³-hybridized carbons (Fsp3) is 0.976. The van der Waals surface area contributed by atoms with Crippen LogP contribution in [0.25, 0.3) is 0 Å². The highest BCUT2D eigenvalue weighted by Gasteiger charge is 2.46. The highest BCUT2D eigenvalue weighted by Crippen LogP contribution is 2.50. The number of hydrogen-bond acceptors (Lipinski definition) is 10. The number of hydrogen-bond donors (Lipinski definition) is 1. The van der Waals surface area contributed by atoms with E-state index in [1.807, 2.05) is 0 Å². The van der Waals surface area contributed by atoms with Crippen molar-refractivity contribution in [2.24, 2.45) is 0 Å². The van der Waals surface area contributed by atoms with Crippen LogP contribution in [0.3, 0.4) is 0 Å². The summed E-state index contributed by atoms with van der Waals surface area (Å²) in [6, 6.07) is 1.42. The van der Waals surface area contributed by atoms with E-state index in [0.717, 1.165) is 6.42 Å². The molecule has 0 fully saturated rings. The number of carbonyl (C=O) groups is 1. The second kappa shape index (κ2) is 23.1. The SMILES string of the molecule is CC(C)N(C(C)C)P(OCOCCCSC(=O)CCNC(CO[Si](C)(C)C(C)(C)C)(CO[Si](C)(C)C(C)(C)C)CO[Si](C)(C)C(C)(C)C)N(C(C)C)C(C)C. The Hall–Kier alpha value is 0.781. The van der Waals surface area contributed by atoms with Crippen molar-refractivity contribution in [3.63, 3.8) is 0 Å². The molecule has 0 unspecified atom stereocenters. The maximum atomic E-state index is 13.2. The quantitative estimate of drug-likeness (QED) is 0.0393. The number of ether oxygens (including phenoxy) is 1. The molecule has 0 spiro atoms. The van der Waals surface area contributed by atoms with Gasteiger partial charge < -0.3 is 27.9 Å². The van der Waals surface area contributed by atoms with E-state index in [1.165, 1.54) is 11.8 Å². The molecule has 0 aliphatic rings. The van der Waals surface area contributed by atoms with E-state index in [2.05, 4.69) is 172 Å². The first-order valence-electron chi connectivity index (χ1n) is 21.0. The molecule has 0 aromatic rings. The van der Waals surface area contributed by atoms with Crippen molar-refractivity contribution in [2.75, 3.05) is 45.5 Å². The largest absolute Gasteiger partial charge is 0.415 e. The Bertz CT molecular complexity index is 998. The zero-order valence-corrected chi connectivity index (χ0v) is 45.1. The minimum Gasteiger partial charge on any atom is -0.415 e. The van der Waals surface area contributed by atoms with Gasteiger partial charge in [-0.25, -0.2) is 9.34 Å². The normalized spacial score (nSPS) is 14.7. The Kier molecular flexibility index (Phi) is 23.4. The monoisotopic (exact) mass is 870 g/mol. The summed E-state index contributed by atoms with van der Waals surface area (Å²) in [5.41, 5.74) is -0.583. The van der Waals surface area contributed by atoms with Gasteiger partial charge in [0.05, 0.1) is 32.0 Å². The molecule has 0 aliphatic carbocycles. The number of nitrogens with one attached hydrogen (secondary N) is 1. The van der Waals surface area contributed by atoms with Crippen LogP contribution in [0.1, 0.15) is 131 Å². The van der Waals surface area contributed by atoms with Crippen LogP contribution in [-0.4, -0.2) is 115 Å². The van der Waals surface area contributed by atoms with E-state index in [1.54, 1.807) is 0 Å². The lowest BCUT2D eigenvalue weighted by Gasteiger charge is -2.46. The third kappa shape index (κ3) is 18.9. The Morgan fingerprint density at radius 3 is 1.29 bits per heavy atom. The molecule has 14 heteroatoms. The molecule has 0 atom stereocenters. The molecule has 330 valence electrons. The van der Waals surface area contributed by atoms with E-state index in [9.17, 15) is 4.79 Å². The standard InChI is InChI=1S/C41H92N3O6PSSi3/c1-33(2)43(34(3)4)51(44(35(5)6)36(7)8)47-32-46-27-24-28-52-37(45)25-26-42-41(29-48-53(18,19)38(9,10)11,30-49-54(20,21)39(12,13)14)31-50-55(22,23)40(15,16)17/h33-36,42H,24-32H2,1-23H3. The molecule has 55 heavy (non-hydrogen) atoms. The fourth-order valence-electron chi connectivity index (χ4n) is 5.11. The van der Waals surface area contributed by atoms with Gasteiger partial charge in [-0.3, -0.25) is 4.79 Å². The van der Waals surface area contributed by atoms with Gasteiger partial charge in [0.25, 0.3) is 0 Å². The number of carbonyl (C=O) groups excluding carboxylic acids is 1. The second-order valence-electron chi connectivity index (χ2n) is 21.2. The van der Waals surface area contributed by atoms with Crippen molar-refractivity contribution >= 4 is 50.3 Å². The molecule has 0 aromatic carbocycles. The summed E-state index contributed by atoms with van der Waals surface area (Å²) in [5, 5.41) is 4.20. The van der Waals surface area contributed by atoms with Crippen LogP contribution in [0.2, 0.25) is 54.4 Å². The van der Waals surface area contributed by atoms with Gasteiger partial charge in [-0.2, -0.15) is 0 Å². The van der Waals surface area contributed by atoms with Crippen molar-refractivity contribution in [3.05, 3.63) is 0 Å². The summed E-state index contributed by atoms with van der Waals surface area (Å²) >= 11 is 1.39. The van der Waals surface area contributed by atoms with Crippen molar-refractivity contribution < 1.29 is 27.3 Å². The van der Waals surface area contributed by atoms with E-state index in [4.69, 9.17) is 22.5 Å². The average molecular weight is 871 g/mol. The lowest BCUT2D eigenvalue weighted by atomic mass is 10.0. The molecule has 0 radical (unpaired) electrons. The van der Waals surface area contributed by atoms with Crippen molar-refractivity contribution in [1.82, 2.24) is 14.7 Å². The lowest BCUT2D eigenvalue weighted by Crippen LogP contribution is -2.62. The summed E-state index contributed by atoms with van der Waals surface area (Å²) in [5.74, 6) is 0.713. The molecule has 0 aliphatic heterocycles. The van der Waals surface area contributed by atoms with E-state index < -0.39 is 38.9 Å². The molecule has 9 nitrogen and oxygen atoms in total. The lowest BCUT2D eigenvalue weighted by molar-refractivity contribution is -0.111. The van der Waals surface area contributed by atoms with Gasteiger partial charge in [-0.05, 0) is 116 Å². The first kappa shape index (κ1) is 55.8. The topological polar surface area (TPSA) is 81.7 Å². The summed E-state index contributed by atoms with van der Waals surface area (Å²) in [6.07, 6.45) is 1.20. The third-order valence-corrected chi connectivity index (χ3v) is 29.3. The van der Waals surface area contributed by atoms with Gasteiger partial charge in [-0.1, -0.05) is 74.1 Å². The van der Waals surface area contributed by atoms with Crippen molar-refractivity contribution in [1.29, 1.82) is 0 Å². The molecule has 0 saturated carbocycles. The first-order valence-corrected chi connectivity index (χ1v) is 31.9. The number of thioether (sulfide) groups is 1. The third-order valence-electron chi connectivity index (χ3n) is 11.8. The first-order chi connectivity index (χ1) is 24.6. The molecule has 0 amide bonds. The summed E-state index contributed by atoms with van der Waals surface area (Å²) in [7, 11) is -7.27. The number of rotatable bonds is 26. The van der Waals surface area contributed by atoms with Crippen LogP contribution < -0.4 is 5.32 Å². The molecule has 0 saturated heterocycles. The molecule has 0 bridgehead atoms. The zero-order valence-electron chi connectivity index (χ0n) is 40.4. The fourth-order valence-corrected chi connectivity index (χ4v) is 11.3. The Morgan fingerprint density at radius 1 is 0.636 bits per heavy atom. The molecule has 1 N–H and O–H groups in total. The van der Waals surface area contributed by atoms with Crippen LogP contribution in [0.5, 0.6) is 0 Å². The molecule has 0 rings (SSSR count). The Morgan fingerprint density at radius 2 is 0.982 bits per heavy atom. The minimum absolute atomic E-state index is 0.0649. The zero-order chi connectivity index (χ0) is 43.4. The van der Waals surface area contributed by atoms with E-state index in [0.29, 0.717) is 69.3 Å². The van der Waals surface area contributed by atoms with Crippen LogP contribution >= 0.6 is 20.2 Å². The van der Waals surface area contributed by atoms with E-state index in [-0.39, 0.29) is 27.0 Å². The van der Waals surface area contributed by atoms with Gasteiger partial charge in [-0.15, -0.1) is 0 Å². The summed E-state index contributed by atoms with van der Waals surface area (Å²) in [6.45, 7) is 54.9. The van der Waals surface area contributed by atoms with Gasteiger partial charge >= 0.3 is 0 Å². The highest BCUT2D eigenvalue weighted by atomic mass is 32.2. The Balaban J connectivity index is 5.72. The van der Waals surface area contributed by atoms with Crippen LogP contribution in [-0.2, 0) is 27.3 Å². The molecule has 0 heterocycles. The molecule has 0 aromatic heterocycles. The summed E-state index contributed by atoms with van der Waals surface area (Å²) in [4.78, 5) is 13.2. The van der Waals surface area contributed by atoms with Crippen LogP contribution in [0, 0.1) is 0 Å². The number of nitrogens with zero attached hydrogens (tertiary/aromatic N) is 2. The average Bonchev–Trinajstić information content (AvgIpc) is 2.98. The van der Waals surface area contributed by atoms with Gasteiger partial charge in [0.1, 0.15) is 0 Å². The van der Waals surface area contributed by atoms with Crippen molar-refractivity contribution in [2.45, 2.75) is 215 Å². The van der Waals surface area contributed by atoms with Crippen LogP contribution in [0.4, 0.5) is 0 Å². The minimum atomic E-state index is -2.09. The molecular weight excluding hydrogens is 778 g/mol. The Labute approximate surface area is 350 Å². The maximum absolute atomic E-state index is 13.2. The predicted molar refractivity (Wildman–Crippen MR) is 250 cm³/mol.